The van der Waals surface area contributed by atoms with Crippen LogP contribution in [0, 0.1) is 13.8 Å². The number of amides is 3. The molecule has 6 heteroatoms. The van der Waals surface area contributed by atoms with Gasteiger partial charge in [-0.25, -0.2) is 9.59 Å². The van der Waals surface area contributed by atoms with Crippen molar-refractivity contribution in [1.29, 1.82) is 0 Å². The Hall–Kier alpha value is -2.37. The maximum atomic E-state index is 11.8. The van der Waals surface area contributed by atoms with Gasteiger partial charge in [-0.2, -0.15) is 0 Å². The third kappa shape index (κ3) is 4.59. The molecular formula is C15H18N2O4. The zero-order valence-electron chi connectivity index (χ0n) is 12.1. The number of rotatable bonds is 4. The van der Waals surface area contributed by atoms with Crippen molar-refractivity contribution >= 4 is 17.9 Å². The second-order valence-corrected chi connectivity index (χ2v) is 5.17. The first-order valence-electron chi connectivity index (χ1n) is 6.80. The Morgan fingerprint density at radius 1 is 1.19 bits per heavy atom. The zero-order valence-corrected chi connectivity index (χ0v) is 12.1. The molecule has 0 unspecified atom stereocenters. The molecule has 112 valence electrons. The Kier molecular flexibility index (Phi) is 4.57. The van der Waals surface area contributed by atoms with E-state index in [9.17, 15) is 14.4 Å². The van der Waals surface area contributed by atoms with Crippen LogP contribution in [0.1, 0.15) is 34.3 Å². The van der Waals surface area contributed by atoms with E-state index in [-0.39, 0.29) is 6.04 Å². The van der Waals surface area contributed by atoms with E-state index in [0.29, 0.717) is 5.56 Å². The number of imide groups is 1. The summed E-state index contributed by atoms with van der Waals surface area (Å²) in [7, 11) is 0. The number of nitrogens with one attached hydrogen (secondary N) is 2. The molecule has 1 aliphatic carbocycles. The molecule has 0 aliphatic heterocycles. The third-order valence-electron chi connectivity index (χ3n) is 3.24. The summed E-state index contributed by atoms with van der Waals surface area (Å²) in [6.45, 7) is 3.35. The summed E-state index contributed by atoms with van der Waals surface area (Å²) in [5.41, 5.74) is 2.42. The van der Waals surface area contributed by atoms with Gasteiger partial charge in [0.1, 0.15) is 0 Å². The summed E-state index contributed by atoms with van der Waals surface area (Å²) < 4.78 is 4.88. The molecular weight excluding hydrogens is 272 g/mol. The van der Waals surface area contributed by atoms with E-state index in [2.05, 4.69) is 10.6 Å². The minimum Gasteiger partial charge on any atom is -0.452 e. The molecule has 0 aromatic heterocycles. The van der Waals surface area contributed by atoms with Crippen LogP contribution >= 0.6 is 0 Å². The second kappa shape index (κ2) is 6.39. The van der Waals surface area contributed by atoms with E-state index < -0.39 is 24.5 Å². The fourth-order valence-corrected chi connectivity index (χ4v) is 1.69. The lowest BCUT2D eigenvalue weighted by Crippen LogP contribution is -2.42. The van der Waals surface area contributed by atoms with Gasteiger partial charge in [-0.05, 0) is 49.9 Å². The van der Waals surface area contributed by atoms with Gasteiger partial charge in [0.05, 0.1) is 5.56 Å². The Bertz CT molecular complexity index is 579. The molecule has 2 rings (SSSR count). The molecule has 2 N–H and O–H groups in total. The van der Waals surface area contributed by atoms with E-state index in [4.69, 9.17) is 4.74 Å². The fourth-order valence-electron chi connectivity index (χ4n) is 1.69. The lowest BCUT2D eigenvalue weighted by Gasteiger charge is -2.07. The highest BCUT2D eigenvalue weighted by Gasteiger charge is 2.24. The molecule has 0 spiro atoms. The lowest BCUT2D eigenvalue weighted by molar-refractivity contribution is -0.123. The van der Waals surface area contributed by atoms with Crippen molar-refractivity contribution in [3.05, 3.63) is 34.9 Å². The molecule has 21 heavy (non-hydrogen) atoms. The monoisotopic (exact) mass is 290 g/mol. The number of carbonyl (C=O) groups excluding carboxylic acids is 3. The van der Waals surface area contributed by atoms with Gasteiger partial charge in [0.2, 0.25) is 0 Å². The van der Waals surface area contributed by atoms with Crippen molar-refractivity contribution < 1.29 is 19.1 Å². The van der Waals surface area contributed by atoms with Crippen molar-refractivity contribution in [2.45, 2.75) is 32.7 Å². The smallest absolute Gasteiger partial charge is 0.338 e. The number of aryl methyl sites for hydroxylation is 2. The number of urea groups is 1. The van der Waals surface area contributed by atoms with Crippen molar-refractivity contribution in [3.63, 3.8) is 0 Å². The first-order valence-corrected chi connectivity index (χ1v) is 6.80. The van der Waals surface area contributed by atoms with Gasteiger partial charge in [-0.3, -0.25) is 10.1 Å². The van der Waals surface area contributed by atoms with Crippen molar-refractivity contribution in [1.82, 2.24) is 10.6 Å². The Labute approximate surface area is 122 Å². The molecule has 1 aliphatic rings. The standard InChI is InChI=1S/C15H18N2O4/c1-9-3-4-11(7-10(9)2)14(19)21-8-13(18)17-15(20)16-12-5-6-12/h3-4,7,12H,5-6,8H2,1-2H3,(H2,16,17,18,20). The minimum atomic E-state index is -0.648. The molecule has 0 radical (unpaired) electrons. The predicted molar refractivity (Wildman–Crippen MR) is 75.9 cm³/mol. The van der Waals surface area contributed by atoms with E-state index in [1.54, 1.807) is 12.1 Å². The number of ether oxygens (including phenoxy) is 1. The Morgan fingerprint density at radius 3 is 2.52 bits per heavy atom. The topological polar surface area (TPSA) is 84.5 Å². The van der Waals surface area contributed by atoms with E-state index >= 15 is 0 Å². The summed E-state index contributed by atoms with van der Waals surface area (Å²) in [6, 6.07) is 4.77. The lowest BCUT2D eigenvalue weighted by atomic mass is 10.1. The highest BCUT2D eigenvalue weighted by Crippen LogP contribution is 2.18. The van der Waals surface area contributed by atoms with Gasteiger partial charge in [0.25, 0.3) is 5.91 Å². The van der Waals surface area contributed by atoms with Crippen LogP contribution < -0.4 is 10.6 Å². The maximum Gasteiger partial charge on any atom is 0.338 e. The number of hydrogen-bond acceptors (Lipinski definition) is 4. The average Bonchev–Trinajstić information content (AvgIpc) is 3.22. The molecule has 0 bridgehead atoms. The first kappa shape index (κ1) is 15.0. The quantitative estimate of drug-likeness (QED) is 0.822. The molecule has 0 heterocycles. The predicted octanol–water partition coefficient (Wildman–Crippen LogP) is 1.45. The number of hydrogen-bond donors (Lipinski definition) is 2. The molecule has 6 nitrogen and oxygen atoms in total. The number of carbonyl (C=O) groups is 3. The summed E-state index contributed by atoms with van der Waals surface area (Å²) in [5.74, 6) is -1.24. The molecule has 0 atom stereocenters. The number of esters is 1. The largest absolute Gasteiger partial charge is 0.452 e. The SMILES string of the molecule is Cc1ccc(C(=O)OCC(=O)NC(=O)NC2CC2)cc1C. The van der Waals surface area contributed by atoms with Crippen molar-refractivity contribution in [3.8, 4) is 0 Å². The Morgan fingerprint density at radius 2 is 1.90 bits per heavy atom. The summed E-state index contributed by atoms with van der Waals surface area (Å²) in [5, 5.41) is 4.72. The molecule has 0 saturated heterocycles. The van der Waals surface area contributed by atoms with Crippen LogP contribution in [-0.4, -0.2) is 30.6 Å². The van der Waals surface area contributed by atoms with Crippen LogP contribution in [0.25, 0.3) is 0 Å². The van der Waals surface area contributed by atoms with Gasteiger partial charge in [0, 0.05) is 6.04 Å². The van der Waals surface area contributed by atoms with Crippen LogP contribution in [0.5, 0.6) is 0 Å². The molecule has 1 aromatic rings. The van der Waals surface area contributed by atoms with Gasteiger partial charge >= 0.3 is 12.0 Å². The van der Waals surface area contributed by atoms with E-state index in [1.165, 1.54) is 0 Å². The van der Waals surface area contributed by atoms with Crippen molar-refractivity contribution in [2.24, 2.45) is 0 Å². The van der Waals surface area contributed by atoms with Crippen LogP contribution in [-0.2, 0) is 9.53 Å². The van der Waals surface area contributed by atoms with Crippen LogP contribution in [0.4, 0.5) is 4.79 Å². The molecule has 1 aromatic carbocycles. The van der Waals surface area contributed by atoms with Crippen molar-refractivity contribution in [2.75, 3.05) is 6.61 Å². The summed E-state index contributed by atoms with van der Waals surface area (Å²) in [6.07, 6.45) is 1.87. The highest BCUT2D eigenvalue weighted by molar-refractivity contribution is 5.97. The number of benzene rings is 1. The second-order valence-electron chi connectivity index (χ2n) is 5.17. The van der Waals surface area contributed by atoms with E-state index in [0.717, 1.165) is 24.0 Å². The van der Waals surface area contributed by atoms with E-state index in [1.807, 2.05) is 19.9 Å². The first-order chi connectivity index (χ1) is 9.95. The zero-order chi connectivity index (χ0) is 15.4. The van der Waals surface area contributed by atoms with Gasteiger partial charge in [-0.15, -0.1) is 0 Å². The van der Waals surface area contributed by atoms with Crippen LogP contribution in [0.3, 0.4) is 0 Å². The minimum absolute atomic E-state index is 0.163. The molecule has 1 saturated carbocycles. The molecule has 1 fully saturated rings. The average molecular weight is 290 g/mol. The van der Waals surface area contributed by atoms with Gasteiger partial charge in [0.15, 0.2) is 6.61 Å². The summed E-state index contributed by atoms with van der Waals surface area (Å²) in [4.78, 5) is 34.6. The molecule has 3 amide bonds. The highest BCUT2D eigenvalue weighted by atomic mass is 16.5. The maximum absolute atomic E-state index is 11.8. The Balaban J connectivity index is 1.78. The van der Waals surface area contributed by atoms with Gasteiger partial charge in [-0.1, -0.05) is 6.07 Å². The van der Waals surface area contributed by atoms with Crippen LogP contribution in [0.2, 0.25) is 0 Å². The fraction of sp³-hybridized carbons (Fsp3) is 0.400. The normalized spacial score (nSPS) is 13.4. The van der Waals surface area contributed by atoms with Gasteiger partial charge < -0.3 is 10.1 Å². The summed E-state index contributed by atoms with van der Waals surface area (Å²) >= 11 is 0. The third-order valence-corrected chi connectivity index (χ3v) is 3.24. The van der Waals surface area contributed by atoms with Crippen LogP contribution in [0.15, 0.2) is 18.2 Å².